The van der Waals surface area contributed by atoms with E-state index in [2.05, 4.69) is 26.6 Å². The molecule has 2 N–H and O–H groups in total. The standard InChI is InChI=1S/C10H9BrO2.C8H7N/c1-13-10(12)6-5-8-3-2-4-9(11)7-8;1-2-7-5-3-4-6-8(7)9/h2-7H,1H3;1,3-6H,9H2/b6-5+;. The molecule has 0 bridgehead atoms. The summed E-state index contributed by atoms with van der Waals surface area (Å²) in [6.45, 7) is 0. The van der Waals surface area contributed by atoms with Gasteiger partial charge >= 0.3 is 5.97 Å². The van der Waals surface area contributed by atoms with Gasteiger partial charge in [-0.3, -0.25) is 0 Å². The highest BCUT2D eigenvalue weighted by molar-refractivity contribution is 9.10. The first kappa shape index (κ1) is 17.5. The quantitative estimate of drug-likeness (QED) is 0.384. The molecule has 3 nitrogen and oxygen atoms in total. The predicted octanol–water partition coefficient (Wildman–Crippen LogP) is 3.89. The number of benzene rings is 2. The van der Waals surface area contributed by atoms with E-state index in [1.165, 1.54) is 13.2 Å². The molecule has 0 radical (unpaired) electrons. The number of hydrogen-bond acceptors (Lipinski definition) is 3. The number of anilines is 1. The van der Waals surface area contributed by atoms with Crippen LogP contribution in [0.3, 0.4) is 0 Å². The van der Waals surface area contributed by atoms with Gasteiger partial charge in [-0.15, -0.1) is 6.42 Å². The second kappa shape index (κ2) is 9.43. The fourth-order valence-electron chi connectivity index (χ4n) is 1.47. The summed E-state index contributed by atoms with van der Waals surface area (Å²) in [5.74, 6) is 2.12. The van der Waals surface area contributed by atoms with Crippen LogP contribution in [-0.4, -0.2) is 13.1 Å². The number of esters is 1. The van der Waals surface area contributed by atoms with Crippen molar-refractivity contribution in [2.75, 3.05) is 12.8 Å². The van der Waals surface area contributed by atoms with Crippen LogP contribution in [-0.2, 0) is 9.53 Å². The largest absolute Gasteiger partial charge is 0.466 e. The molecule has 0 aliphatic rings. The number of para-hydroxylation sites is 1. The molecule has 0 saturated carbocycles. The number of ether oxygens (including phenoxy) is 1. The first-order valence-electron chi connectivity index (χ1n) is 6.39. The van der Waals surface area contributed by atoms with E-state index in [1.54, 1.807) is 12.1 Å². The number of terminal acetylenes is 1. The van der Waals surface area contributed by atoms with Gasteiger partial charge < -0.3 is 10.5 Å². The Balaban J connectivity index is 0.000000235. The van der Waals surface area contributed by atoms with Crippen molar-refractivity contribution >= 4 is 33.7 Å². The molecule has 0 amide bonds. The normalized spacial score (nSPS) is 9.50. The number of nitrogens with two attached hydrogens (primary N) is 1. The number of nitrogen functional groups attached to an aromatic ring is 1. The van der Waals surface area contributed by atoms with E-state index in [0.717, 1.165) is 15.6 Å². The van der Waals surface area contributed by atoms with Crippen molar-refractivity contribution in [3.8, 4) is 12.3 Å². The Morgan fingerprint density at radius 1 is 1.27 bits per heavy atom. The minimum Gasteiger partial charge on any atom is -0.466 e. The van der Waals surface area contributed by atoms with Crippen LogP contribution in [0.25, 0.3) is 6.08 Å². The van der Waals surface area contributed by atoms with Gasteiger partial charge in [0.15, 0.2) is 0 Å². The molecule has 22 heavy (non-hydrogen) atoms. The van der Waals surface area contributed by atoms with Crippen LogP contribution in [0.1, 0.15) is 11.1 Å². The van der Waals surface area contributed by atoms with E-state index in [4.69, 9.17) is 12.2 Å². The Morgan fingerprint density at radius 3 is 2.55 bits per heavy atom. The lowest BCUT2D eigenvalue weighted by Crippen LogP contribution is -1.93. The smallest absolute Gasteiger partial charge is 0.330 e. The van der Waals surface area contributed by atoms with Gasteiger partial charge in [0, 0.05) is 21.8 Å². The summed E-state index contributed by atoms with van der Waals surface area (Å²) in [4.78, 5) is 10.7. The maximum Gasteiger partial charge on any atom is 0.330 e. The Labute approximate surface area is 138 Å². The van der Waals surface area contributed by atoms with Crippen LogP contribution >= 0.6 is 15.9 Å². The van der Waals surface area contributed by atoms with Gasteiger partial charge in [-0.2, -0.15) is 0 Å². The lowest BCUT2D eigenvalue weighted by Gasteiger charge is -1.93. The maximum absolute atomic E-state index is 10.7. The predicted molar refractivity (Wildman–Crippen MR) is 94.0 cm³/mol. The van der Waals surface area contributed by atoms with Crippen LogP contribution in [0.4, 0.5) is 5.69 Å². The van der Waals surface area contributed by atoms with Gasteiger partial charge in [-0.1, -0.05) is 46.1 Å². The minimum atomic E-state index is -0.347. The molecule has 0 fully saturated rings. The zero-order chi connectivity index (χ0) is 16.4. The Bertz CT molecular complexity index is 702. The van der Waals surface area contributed by atoms with Crippen LogP contribution in [0, 0.1) is 12.3 Å². The molecular formula is C18H16BrNO2. The highest BCUT2D eigenvalue weighted by Crippen LogP contribution is 2.12. The molecule has 0 unspecified atom stereocenters. The van der Waals surface area contributed by atoms with E-state index >= 15 is 0 Å². The van der Waals surface area contributed by atoms with E-state index < -0.39 is 0 Å². The molecule has 0 saturated heterocycles. The van der Waals surface area contributed by atoms with Gasteiger partial charge in [0.25, 0.3) is 0 Å². The van der Waals surface area contributed by atoms with Gasteiger partial charge in [-0.25, -0.2) is 4.79 Å². The van der Waals surface area contributed by atoms with Crippen LogP contribution in [0.5, 0.6) is 0 Å². The first-order chi connectivity index (χ1) is 10.6. The van der Waals surface area contributed by atoms with Crippen molar-refractivity contribution in [3.05, 3.63) is 70.2 Å². The summed E-state index contributed by atoms with van der Waals surface area (Å²) in [5.41, 5.74) is 7.87. The Kier molecular flexibility index (Phi) is 7.52. The molecule has 0 spiro atoms. The van der Waals surface area contributed by atoms with Crippen LogP contribution in [0.2, 0.25) is 0 Å². The van der Waals surface area contributed by atoms with E-state index in [-0.39, 0.29) is 5.97 Å². The molecule has 2 aromatic carbocycles. The highest BCUT2D eigenvalue weighted by Gasteiger charge is 1.92. The molecule has 112 valence electrons. The zero-order valence-corrected chi connectivity index (χ0v) is 13.7. The monoisotopic (exact) mass is 357 g/mol. The van der Waals surface area contributed by atoms with Crippen molar-refractivity contribution in [2.45, 2.75) is 0 Å². The highest BCUT2D eigenvalue weighted by atomic mass is 79.9. The summed E-state index contributed by atoms with van der Waals surface area (Å²) in [7, 11) is 1.35. The molecular weight excluding hydrogens is 342 g/mol. The van der Waals surface area contributed by atoms with E-state index in [0.29, 0.717) is 5.69 Å². The summed E-state index contributed by atoms with van der Waals surface area (Å²) in [6.07, 6.45) is 8.22. The minimum absolute atomic E-state index is 0.347. The number of halogens is 1. The summed E-state index contributed by atoms with van der Waals surface area (Å²) < 4.78 is 5.45. The Hall–Kier alpha value is -2.51. The molecule has 4 heteroatoms. The molecule has 2 aromatic rings. The summed E-state index contributed by atoms with van der Waals surface area (Å²) in [6, 6.07) is 15.0. The molecule has 2 rings (SSSR count). The Morgan fingerprint density at radius 2 is 2.00 bits per heavy atom. The molecule has 0 heterocycles. The molecule has 0 aliphatic heterocycles. The first-order valence-corrected chi connectivity index (χ1v) is 7.19. The molecule has 0 atom stereocenters. The van der Waals surface area contributed by atoms with Crippen LogP contribution in [0.15, 0.2) is 59.1 Å². The second-order valence-corrected chi connectivity index (χ2v) is 5.06. The maximum atomic E-state index is 10.7. The summed E-state index contributed by atoms with van der Waals surface area (Å²) in [5, 5.41) is 0. The van der Waals surface area contributed by atoms with Crippen molar-refractivity contribution in [1.82, 2.24) is 0 Å². The average molecular weight is 358 g/mol. The summed E-state index contributed by atoms with van der Waals surface area (Å²) >= 11 is 3.34. The lowest BCUT2D eigenvalue weighted by molar-refractivity contribution is -0.134. The molecule has 0 aromatic heterocycles. The van der Waals surface area contributed by atoms with Gasteiger partial charge in [0.2, 0.25) is 0 Å². The van der Waals surface area contributed by atoms with E-state index in [1.807, 2.05) is 42.5 Å². The third-order valence-electron chi connectivity index (χ3n) is 2.58. The van der Waals surface area contributed by atoms with Gasteiger partial charge in [0.1, 0.15) is 0 Å². The van der Waals surface area contributed by atoms with Crippen molar-refractivity contribution in [1.29, 1.82) is 0 Å². The second-order valence-electron chi connectivity index (χ2n) is 4.14. The SMILES string of the molecule is C#Cc1ccccc1N.COC(=O)/C=C/c1cccc(Br)c1. The van der Waals surface area contributed by atoms with E-state index in [9.17, 15) is 4.79 Å². The van der Waals surface area contributed by atoms with Crippen molar-refractivity contribution in [3.63, 3.8) is 0 Å². The number of carbonyl (C=O) groups is 1. The van der Waals surface area contributed by atoms with Crippen LogP contribution < -0.4 is 5.73 Å². The topological polar surface area (TPSA) is 52.3 Å². The fraction of sp³-hybridized carbons (Fsp3) is 0.0556. The third kappa shape index (κ3) is 6.29. The van der Waals surface area contributed by atoms with Crippen molar-refractivity contribution < 1.29 is 9.53 Å². The lowest BCUT2D eigenvalue weighted by atomic mass is 10.2. The average Bonchev–Trinajstić information content (AvgIpc) is 2.54. The zero-order valence-electron chi connectivity index (χ0n) is 12.1. The number of carbonyl (C=O) groups excluding carboxylic acids is 1. The number of hydrogen-bond donors (Lipinski definition) is 1. The number of rotatable bonds is 2. The van der Waals surface area contributed by atoms with Crippen molar-refractivity contribution in [2.24, 2.45) is 0 Å². The van der Waals surface area contributed by atoms with Gasteiger partial charge in [0.05, 0.1) is 7.11 Å². The molecule has 0 aliphatic carbocycles. The fourth-order valence-corrected chi connectivity index (χ4v) is 1.89. The third-order valence-corrected chi connectivity index (χ3v) is 3.07. The number of methoxy groups -OCH3 is 1. The van der Waals surface area contributed by atoms with Gasteiger partial charge in [-0.05, 0) is 35.9 Å².